The first kappa shape index (κ1) is 10.9. The summed E-state index contributed by atoms with van der Waals surface area (Å²) in [4.78, 5) is 9.01. The van der Waals surface area contributed by atoms with Gasteiger partial charge in [-0.3, -0.25) is 4.98 Å². The molecule has 5 heteroatoms. The smallest absolute Gasteiger partial charge is 0.136 e. The minimum absolute atomic E-state index is 0.00907. The van der Waals surface area contributed by atoms with Crippen molar-refractivity contribution in [1.82, 2.24) is 14.5 Å². The van der Waals surface area contributed by atoms with Crippen LogP contribution < -0.4 is 0 Å². The first-order chi connectivity index (χ1) is 9.38. The molecule has 0 saturated heterocycles. The van der Waals surface area contributed by atoms with E-state index in [0.717, 1.165) is 39.9 Å². The van der Waals surface area contributed by atoms with Gasteiger partial charge in [-0.15, -0.1) is 0 Å². The standard InChI is InChI=1S/C14H13N3O2/c18-7-9-2-1-3-10-13(9)14-11(6-15-10)16-12-8-19-5-4-17(12)14/h1-3,6,18H,4-5,7-8H2. The second-order valence-corrected chi connectivity index (χ2v) is 4.69. The van der Waals surface area contributed by atoms with E-state index < -0.39 is 0 Å². The highest BCUT2D eigenvalue weighted by Crippen LogP contribution is 2.29. The molecule has 2 aromatic heterocycles. The van der Waals surface area contributed by atoms with E-state index in [1.54, 1.807) is 6.20 Å². The van der Waals surface area contributed by atoms with Crippen molar-refractivity contribution in [3.05, 3.63) is 35.8 Å². The molecule has 0 spiro atoms. The molecule has 0 unspecified atom stereocenters. The molecule has 1 N–H and O–H groups in total. The number of aliphatic hydroxyl groups excluding tert-OH is 1. The van der Waals surface area contributed by atoms with Crippen LogP contribution in [0.5, 0.6) is 0 Å². The number of imidazole rings is 1. The first-order valence-corrected chi connectivity index (χ1v) is 6.33. The van der Waals surface area contributed by atoms with Gasteiger partial charge in [-0.1, -0.05) is 12.1 Å². The van der Waals surface area contributed by atoms with Gasteiger partial charge >= 0.3 is 0 Å². The molecule has 0 amide bonds. The number of aromatic nitrogens is 3. The Labute approximate surface area is 109 Å². The minimum Gasteiger partial charge on any atom is -0.392 e. The van der Waals surface area contributed by atoms with Gasteiger partial charge in [-0.25, -0.2) is 4.98 Å². The largest absolute Gasteiger partial charge is 0.392 e. The van der Waals surface area contributed by atoms with Crippen LogP contribution in [0.25, 0.3) is 21.9 Å². The number of pyridine rings is 1. The van der Waals surface area contributed by atoms with Crippen molar-refractivity contribution in [2.45, 2.75) is 19.8 Å². The van der Waals surface area contributed by atoms with Gasteiger partial charge in [0.1, 0.15) is 17.9 Å². The molecule has 0 bridgehead atoms. The summed E-state index contributed by atoms with van der Waals surface area (Å²) < 4.78 is 7.62. The van der Waals surface area contributed by atoms with Gasteiger partial charge < -0.3 is 14.4 Å². The predicted molar refractivity (Wildman–Crippen MR) is 70.6 cm³/mol. The van der Waals surface area contributed by atoms with Crippen LogP contribution >= 0.6 is 0 Å². The zero-order chi connectivity index (χ0) is 12.8. The fourth-order valence-electron chi connectivity index (χ4n) is 2.77. The van der Waals surface area contributed by atoms with Gasteiger partial charge in [0, 0.05) is 11.9 Å². The second kappa shape index (κ2) is 4.01. The number of benzene rings is 1. The quantitative estimate of drug-likeness (QED) is 0.717. The highest BCUT2D eigenvalue weighted by Gasteiger charge is 2.18. The van der Waals surface area contributed by atoms with Crippen LogP contribution in [-0.2, 0) is 24.5 Å². The lowest BCUT2D eigenvalue weighted by Gasteiger charge is -2.16. The summed E-state index contributed by atoms with van der Waals surface area (Å²) >= 11 is 0. The molecule has 0 saturated carbocycles. The third-order valence-electron chi connectivity index (χ3n) is 3.63. The minimum atomic E-state index is 0.00907. The van der Waals surface area contributed by atoms with Gasteiger partial charge in [0.2, 0.25) is 0 Å². The topological polar surface area (TPSA) is 60.2 Å². The fourth-order valence-corrected chi connectivity index (χ4v) is 2.77. The Morgan fingerprint density at radius 1 is 1.32 bits per heavy atom. The third-order valence-corrected chi connectivity index (χ3v) is 3.63. The van der Waals surface area contributed by atoms with E-state index in [9.17, 15) is 5.11 Å². The average Bonchev–Trinajstić information content (AvgIpc) is 2.85. The second-order valence-electron chi connectivity index (χ2n) is 4.69. The maximum absolute atomic E-state index is 9.55. The molecule has 0 fully saturated rings. The summed E-state index contributed by atoms with van der Waals surface area (Å²) in [5.74, 6) is 0.934. The van der Waals surface area contributed by atoms with Gasteiger partial charge in [-0.2, -0.15) is 0 Å². The average molecular weight is 255 g/mol. The van der Waals surface area contributed by atoms with Gasteiger partial charge in [0.15, 0.2) is 0 Å². The van der Waals surface area contributed by atoms with Crippen LogP contribution in [-0.4, -0.2) is 26.2 Å². The molecule has 3 aromatic rings. The van der Waals surface area contributed by atoms with Crippen LogP contribution in [0.15, 0.2) is 24.4 Å². The number of nitrogens with zero attached hydrogens (tertiary/aromatic N) is 3. The van der Waals surface area contributed by atoms with Crippen molar-refractivity contribution in [3.63, 3.8) is 0 Å². The zero-order valence-corrected chi connectivity index (χ0v) is 10.3. The third kappa shape index (κ3) is 1.49. The highest BCUT2D eigenvalue weighted by atomic mass is 16.5. The zero-order valence-electron chi connectivity index (χ0n) is 10.3. The number of fused-ring (bicyclic) bond motifs is 5. The molecule has 5 nitrogen and oxygen atoms in total. The Balaban J connectivity index is 2.20. The van der Waals surface area contributed by atoms with Crippen molar-refractivity contribution in [1.29, 1.82) is 0 Å². The van der Waals surface area contributed by atoms with E-state index in [0.29, 0.717) is 13.2 Å². The van der Waals surface area contributed by atoms with Gasteiger partial charge in [-0.05, 0) is 11.6 Å². The highest BCUT2D eigenvalue weighted by molar-refractivity contribution is 6.04. The monoisotopic (exact) mass is 255 g/mol. The number of rotatable bonds is 1. The molecule has 1 aliphatic heterocycles. The van der Waals surface area contributed by atoms with Crippen molar-refractivity contribution >= 4 is 21.9 Å². The Bertz CT molecular complexity index is 779. The van der Waals surface area contributed by atoms with E-state index in [1.165, 1.54) is 0 Å². The first-order valence-electron chi connectivity index (χ1n) is 6.33. The molecule has 3 heterocycles. The number of ether oxygens (including phenoxy) is 1. The Morgan fingerprint density at radius 2 is 2.26 bits per heavy atom. The van der Waals surface area contributed by atoms with E-state index in [2.05, 4.69) is 14.5 Å². The molecule has 4 rings (SSSR count). The molecule has 96 valence electrons. The van der Waals surface area contributed by atoms with Gasteiger partial charge in [0.25, 0.3) is 0 Å². The summed E-state index contributed by atoms with van der Waals surface area (Å²) in [7, 11) is 0. The van der Waals surface area contributed by atoms with Crippen molar-refractivity contribution < 1.29 is 9.84 Å². The Morgan fingerprint density at radius 3 is 3.16 bits per heavy atom. The fraction of sp³-hybridized carbons (Fsp3) is 0.286. The van der Waals surface area contributed by atoms with E-state index in [-0.39, 0.29) is 6.61 Å². The summed E-state index contributed by atoms with van der Waals surface area (Å²) in [6.45, 7) is 2.04. The number of aliphatic hydroxyl groups is 1. The molecule has 1 aliphatic rings. The van der Waals surface area contributed by atoms with Crippen LogP contribution in [0.1, 0.15) is 11.4 Å². The predicted octanol–water partition coefficient (Wildman–Crippen LogP) is 1.61. The Hall–Kier alpha value is -1.98. The van der Waals surface area contributed by atoms with Crippen LogP contribution in [0, 0.1) is 0 Å². The lowest BCUT2D eigenvalue weighted by atomic mass is 10.1. The maximum Gasteiger partial charge on any atom is 0.136 e. The van der Waals surface area contributed by atoms with Crippen LogP contribution in [0.3, 0.4) is 0 Å². The van der Waals surface area contributed by atoms with E-state index in [1.807, 2.05) is 18.2 Å². The normalized spacial score (nSPS) is 15.0. The summed E-state index contributed by atoms with van der Waals surface area (Å²) in [5, 5.41) is 10.6. The van der Waals surface area contributed by atoms with Crippen molar-refractivity contribution in [2.24, 2.45) is 0 Å². The molecule has 19 heavy (non-hydrogen) atoms. The van der Waals surface area contributed by atoms with Crippen molar-refractivity contribution in [3.8, 4) is 0 Å². The SMILES string of the molecule is OCc1cccc2ncc3nc4n(c3c12)CCOC4. The van der Waals surface area contributed by atoms with Crippen molar-refractivity contribution in [2.75, 3.05) is 6.61 Å². The van der Waals surface area contributed by atoms with E-state index >= 15 is 0 Å². The molecule has 1 aromatic carbocycles. The summed E-state index contributed by atoms with van der Waals surface area (Å²) in [6.07, 6.45) is 1.80. The molecular formula is C14H13N3O2. The summed E-state index contributed by atoms with van der Waals surface area (Å²) in [5.41, 5.74) is 3.72. The van der Waals surface area contributed by atoms with Crippen LogP contribution in [0.2, 0.25) is 0 Å². The lowest BCUT2D eigenvalue weighted by Crippen LogP contribution is -2.16. The van der Waals surface area contributed by atoms with Gasteiger partial charge in [0.05, 0.1) is 30.4 Å². The number of hydrogen-bond acceptors (Lipinski definition) is 4. The van der Waals surface area contributed by atoms with E-state index in [4.69, 9.17) is 4.74 Å². The van der Waals surface area contributed by atoms with Crippen LogP contribution in [0.4, 0.5) is 0 Å². The molecule has 0 atom stereocenters. The number of hydrogen-bond donors (Lipinski definition) is 1. The maximum atomic E-state index is 9.55. The Kier molecular flexibility index (Phi) is 2.30. The molecule has 0 radical (unpaired) electrons. The molecule has 0 aliphatic carbocycles. The molecular weight excluding hydrogens is 242 g/mol. The summed E-state index contributed by atoms with van der Waals surface area (Å²) in [6, 6.07) is 5.82. The lowest BCUT2D eigenvalue weighted by molar-refractivity contribution is 0.0831.